The zero-order valence-corrected chi connectivity index (χ0v) is 17.5. The normalized spacial score (nSPS) is 15.0. The van der Waals surface area contributed by atoms with Crippen LogP contribution in [0.5, 0.6) is 11.5 Å². The highest BCUT2D eigenvalue weighted by atomic mass is 32.2. The fraction of sp³-hybridized carbons (Fsp3) is 0.167. The highest BCUT2D eigenvalue weighted by Crippen LogP contribution is 2.30. The van der Waals surface area contributed by atoms with E-state index in [0.29, 0.717) is 24.5 Å². The second-order valence-electron chi connectivity index (χ2n) is 7.25. The van der Waals surface area contributed by atoms with Gasteiger partial charge in [-0.05, 0) is 42.0 Å². The van der Waals surface area contributed by atoms with Gasteiger partial charge in [0.15, 0.2) is 16.7 Å². The fourth-order valence-corrected chi connectivity index (χ4v) is 4.21. The number of aromatic nitrogens is 2. The number of ether oxygens (including phenoxy) is 2. The van der Waals surface area contributed by atoms with Crippen molar-refractivity contribution in [1.29, 1.82) is 0 Å². The van der Waals surface area contributed by atoms with Gasteiger partial charge in [-0.25, -0.2) is 4.98 Å². The molecule has 5 rings (SSSR count). The number of aromatic amines is 1. The van der Waals surface area contributed by atoms with Crippen molar-refractivity contribution in [2.24, 2.45) is 0 Å². The van der Waals surface area contributed by atoms with E-state index in [0.717, 1.165) is 33.3 Å². The van der Waals surface area contributed by atoms with Crippen LogP contribution >= 0.6 is 11.8 Å². The number of fused-ring (bicyclic) bond motifs is 2. The second kappa shape index (κ2) is 8.73. The first kappa shape index (κ1) is 19.5. The van der Waals surface area contributed by atoms with E-state index in [1.165, 1.54) is 0 Å². The van der Waals surface area contributed by atoms with Crippen LogP contribution in [0.1, 0.15) is 15.9 Å². The van der Waals surface area contributed by atoms with Gasteiger partial charge in [0.2, 0.25) is 0 Å². The van der Waals surface area contributed by atoms with E-state index in [-0.39, 0.29) is 12.0 Å². The molecule has 0 bridgehead atoms. The van der Waals surface area contributed by atoms with Gasteiger partial charge in [0.25, 0.3) is 5.91 Å². The summed E-state index contributed by atoms with van der Waals surface area (Å²) in [5, 5.41) is 3.82. The Bertz CT molecular complexity index is 1170. The van der Waals surface area contributed by atoms with Crippen LogP contribution in [0.3, 0.4) is 0 Å². The topological polar surface area (TPSA) is 76.2 Å². The van der Waals surface area contributed by atoms with Crippen LogP contribution in [0.15, 0.2) is 78.0 Å². The quantitative estimate of drug-likeness (QED) is 0.442. The lowest BCUT2D eigenvalue weighted by molar-refractivity contribution is 0.0789. The highest BCUT2D eigenvalue weighted by Gasteiger charge is 2.21. The summed E-state index contributed by atoms with van der Waals surface area (Å²) in [6, 6.07) is 23.2. The van der Waals surface area contributed by atoms with E-state index in [1.54, 1.807) is 11.8 Å². The number of hydrogen-bond donors (Lipinski definition) is 2. The molecule has 156 valence electrons. The lowest BCUT2D eigenvalue weighted by Gasteiger charge is -2.26. The Labute approximate surface area is 184 Å². The molecule has 1 aromatic heterocycles. The Morgan fingerprint density at radius 2 is 1.81 bits per heavy atom. The summed E-state index contributed by atoms with van der Waals surface area (Å²) in [5.74, 6) is 2.09. The number of carbonyl (C=O) groups is 1. The zero-order valence-electron chi connectivity index (χ0n) is 16.7. The molecule has 4 aromatic rings. The lowest BCUT2D eigenvalue weighted by Crippen LogP contribution is -2.40. The lowest BCUT2D eigenvalue weighted by atomic mass is 10.1. The van der Waals surface area contributed by atoms with E-state index in [4.69, 9.17) is 9.47 Å². The molecule has 0 saturated heterocycles. The molecule has 1 aliphatic heterocycles. The molecular weight excluding hydrogens is 410 g/mol. The number of rotatable bonds is 6. The summed E-state index contributed by atoms with van der Waals surface area (Å²) in [5.41, 5.74) is 3.75. The SMILES string of the molecule is O=C(NCC1COc2ccccc2O1)c1ccc(CSc2nc3ccccc3[nH]2)cc1. The van der Waals surface area contributed by atoms with Gasteiger partial charge in [0.1, 0.15) is 12.7 Å². The van der Waals surface area contributed by atoms with Gasteiger partial charge in [0, 0.05) is 11.3 Å². The Balaban J connectivity index is 1.13. The predicted octanol–water partition coefficient (Wildman–Crippen LogP) is 4.43. The molecule has 3 aromatic carbocycles. The maximum atomic E-state index is 12.5. The van der Waals surface area contributed by atoms with Crippen molar-refractivity contribution in [3.63, 3.8) is 0 Å². The summed E-state index contributed by atoms with van der Waals surface area (Å²) in [6.07, 6.45) is -0.210. The molecule has 0 aliphatic carbocycles. The molecule has 7 heteroatoms. The largest absolute Gasteiger partial charge is 0.486 e. The van der Waals surface area contributed by atoms with Crippen molar-refractivity contribution in [3.8, 4) is 11.5 Å². The maximum Gasteiger partial charge on any atom is 0.251 e. The van der Waals surface area contributed by atoms with Crippen molar-refractivity contribution >= 4 is 28.7 Å². The van der Waals surface area contributed by atoms with Crippen molar-refractivity contribution in [1.82, 2.24) is 15.3 Å². The van der Waals surface area contributed by atoms with Crippen LogP contribution in [0, 0.1) is 0 Å². The summed E-state index contributed by atoms with van der Waals surface area (Å²) in [7, 11) is 0. The van der Waals surface area contributed by atoms with Gasteiger partial charge in [-0.2, -0.15) is 0 Å². The number of amides is 1. The third kappa shape index (κ3) is 4.51. The van der Waals surface area contributed by atoms with Crippen molar-refractivity contribution in [3.05, 3.63) is 83.9 Å². The summed E-state index contributed by atoms with van der Waals surface area (Å²) in [6.45, 7) is 0.798. The second-order valence-corrected chi connectivity index (χ2v) is 8.22. The number of nitrogens with one attached hydrogen (secondary N) is 2. The first-order chi connectivity index (χ1) is 15.2. The third-order valence-electron chi connectivity index (χ3n) is 5.02. The smallest absolute Gasteiger partial charge is 0.251 e. The molecule has 2 N–H and O–H groups in total. The summed E-state index contributed by atoms with van der Waals surface area (Å²) in [4.78, 5) is 20.4. The minimum absolute atomic E-state index is 0.126. The van der Waals surface area contributed by atoms with E-state index in [2.05, 4.69) is 15.3 Å². The van der Waals surface area contributed by atoms with Crippen LogP contribution in [-0.4, -0.2) is 35.1 Å². The highest BCUT2D eigenvalue weighted by molar-refractivity contribution is 7.98. The van der Waals surface area contributed by atoms with E-state index in [1.807, 2.05) is 72.8 Å². The minimum Gasteiger partial charge on any atom is -0.486 e. The van der Waals surface area contributed by atoms with Gasteiger partial charge in [-0.3, -0.25) is 4.79 Å². The molecule has 1 amide bonds. The number of benzene rings is 3. The predicted molar refractivity (Wildman–Crippen MR) is 121 cm³/mol. The number of H-pyrrole nitrogens is 1. The molecule has 0 fully saturated rings. The number of para-hydroxylation sites is 4. The number of imidazole rings is 1. The summed E-state index contributed by atoms with van der Waals surface area (Å²) < 4.78 is 11.6. The third-order valence-corrected chi connectivity index (χ3v) is 5.96. The first-order valence-corrected chi connectivity index (χ1v) is 11.1. The molecule has 0 radical (unpaired) electrons. The molecule has 1 aliphatic rings. The van der Waals surface area contributed by atoms with Crippen LogP contribution < -0.4 is 14.8 Å². The zero-order chi connectivity index (χ0) is 21.0. The molecule has 1 unspecified atom stereocenters. The van der Waals surface area contributed by atoms with Crippen LogP contribution in [-0.2, 0) is 5.75 Å². The van der Waals surface area contributed by atoms with E-state index >= 15 is 0 Å². The Kier molecular flexibility index (Phi) is 5.50. The average molecular weight is 432 g/mol. The van der Waals surface area contributed by atoms with Gasteiger partial charge >= 0.3 is 0 Å². The number of nitrogens with zero attached hydrogens (tertiary/aromatic N) is 1. The minimum atomic E-state index is -0.210. The Hall–Kier alpha value is -3.45. The molecular formula is C24H21N3O3S. The van der Waals surface area contributed by atoms with Crippen molar-refractivity contribution in [2.75, 3.05) is 13.2 Å². The molecule has 0 saturated carbocycles. The van der Waals surface area contributed by atoms with Gasteiger partial charge < -0.3 is 19.8 Å². The van der Waals surface area contributed by atoms with Crippen LogP contribution in [0.2, 0.25) is 0 Å². The summed E-state index contributed by atoms with van der Waals surface area (Å²) >= 11 is 1.64. The van der Waals surface area contributed by atoms with E-state index < -0.39 is 0 Å². The maximum absolute atomic E-state index is 12.5. The molecule has 31 heavy (non-hydrogen) atoms. The van der Waals surface area contributed by atoms with Gasteiger partial charge in [-0.1, -0.05) is 48.2 Å². The van der Waals surface area contributed by atoms with Crippen molar-refractivity contribution < 1.29 is 14.3 Å². The number of thioether (sulfide) groups is 1. The Morgan fingerprint density at radius 1 is 1.03 bits per heavy atom. The average Bonchev–Trinajstić information content (AvgIpc) is 3.24. The number of carbonyl (C=O) groups excluding carboxylic acids is 1. The van der Waals surface area contributed by atoms with Crippen LogP contribution in [0.4, 0.5) is 0 Å². The van der Waals surface area contributed by atoms with E-state index in [9.17, 15) is 4.79 Å². The first-order valence-electron chi connectivity index (χ1n) is 10.1. The standard InChI is InChI=1S/C24H21N3O3S/c28-23(25-13-18-14-29-21-7-3-4-8-22(21)30-18)17-11-9-16(10-12-17)15-31-24-26-19-5-1-2-6-20(19)27-24/h1-12,18H,13-15H2,(H,25,28)(H,26,27). The molecule has 1 atom stereocenters. The van der Waals surface area contributed by atoms with Crippen molar-refractivity contribution in [2.45, 2.75) is 17.0 Å². The monoisotopic (exact) mass is 431 g/mol. The van der Waals surface area contributed by atoms with Gasteiger partial charge in [-0.15, -0.1) is 0 Å². The fourth-order valence-electron chi connectivity index (χ4n) is 3.37. The van der Waals surface area contributed by atoms with Gasteiger partial charge in [0.05, 0.1) is 17.6 Å². The Morgan fingerprint density at radius 3 is 2.65 bits per heavy atom. The number of hydrogen-bond acceptors (Lipinski definition) is 5. The molecule has 2 heterocycles. The molecule has 0 spiro atoms. The molecule has 6 nitrogen and oxygen atoms in total. The van der Waals surface area contributed by atoms with Crippen LogP contribution in [0.25, 0.3) is 11.0 Å².